The van der Waals surface area contributed by atoms with Crippen LogP contribution in [0.2, 0.25) is 0 Å². The fourth-order valence-electron chi connectivity index (χ4n) is 1.77. The summed E-state index contributed by atoms with van der Waals surface area (Å²) in [6, 6.07) is 8.54. The predicted octanol–water partition coefficient (Wildman–Crippen LogP) is 2.47. The molecule has 0 amide bonds. The lowest BCUT2D eigenvalue weighted by Crippen LogP contribution is -1.88. The molecule has 3 rings (SSSR count). The summed E-state index contributed by atoms with van der Waals surface area (Å²) >= 11 is 0. The molecule has 0 unspecified atom stereocenters. The van der Waals surface area contributed by atoms with Crippen LogP contribution in [0.4, 0.5) is 5.69 Å². The maximum Gasteiger partial charge on any atom is 0.297 e. The monoisotopic (exact) mass is 228 g/mol. The van der Waals surface area contributed by atoms with Crippen molar-refractivity contribution in [2.45, 2.75) is 0 Å². The molecule has 84 valence electrons. The maximum atomic E-state index is 10.9. The second-order valence-electron chi connectivity index (χ2n) is 3.60. The quantitative estimate of drug-likeness (QED) is 0.521. The number of hydrogen-bond acceptors (Lipinski definition) is 3. The summed E-state index contributed by atoms with van der Waals surface area (Å²) in [4.78, 5) is 20.7. The molecule has 0 aliphatic carbocycles. The number of rotatable bonds is 2. The van der Waals surface area contributed by atoms with E-state index in [0.717, 1.165) is 5.69 Å². The summed E-state index contributed by atoms with van der Waals surface area (Å²) in [5.74, 6) is 0.597. The van der Waals surface area contributed by atoms with Gasteiger partial charge in [-0.1, -0.05) is 6.07 Å². The minimum absolute atomic E-state index is 0.0107. The zero-order valence-electron chi connectivity index (χ0n) is 8.68. The number of nitrogens with one attached hydrogen (secondary N) is 2. The summed E-state index contributed by atoms with van der Waals surface area (Å²) in [5.41, 5.74) is 1.85. The van der Waals surface area contributed by atoms with E-state index in [4.69, 9.17) is 0 Å². The van der Waals surface area contributed by atoms with Crippen LogP contribution in [0.5, 0.6) is 0 Å². The van der Waals surface area contributed by atoms with Gasteiger partial charge in [0.2, 0.25) is 0 Å². The van der Waals surface area contributed by atoms with Gasteiger partial charge in [0.1, 0.15) is 0 Å². The maximum absolute atomic E-state index is 10.9. The molecule has 0 aliphatic rings. The molecule has 0 saturated carbocycles. The number of nitro benzene ring substituents is 1. The van der Waals surface area contributed by atoms with Crippen LogP contribution in [-0.4, -0.2) is 19.9 Å². The average Bonchev–Trinajstić information content (AvgIpc) is 2.96. The van der Waals surface area contributed by atoms with Crippen molar-refractivity contribution < 1.29 is 4.92 Å². The smallest absolute Gasteiger partial charge is 0.297 e. The SMILES string of the molecule is O=[N+]([O-])c1cccc2[nH]c(-c3ccc[nH]3)nc12. The van der Waals surface area contributed by atoms with Crippen LogP contribution in [0.1, 0.15) is 0 Å². The van der Waals surface area contributed by atoms with Crippen molar-refractivity contribution in [3.05, 3.63) is 46.6 Å². The van der Waals surface area contributed by atoms with Gasteiger partial charge in [0.25, 0.3) is 5.69 Å². The summed E-state index contributed by atoms with van der Waals surface area (Å²) in [6.45, 7) is 0. The molecule has 2 aromatic heterocycles. The highest BCUT2D eigenvalue weighted by Crippen LogP contribution is 2.26. The van der Waals surface area contributed by atoms with Crippen molar-refractivity contribution >= 4 is 16.7 Å². The number of para-hydroxylation sites is 1. The van der Waals surface area contributed by atoms with Crippen LogP contribution < -0.4 is 0 Å². The van der Waals surface area contributed by atoms with E-state index in [1.165, 1.54) is 6.07 Å². The second-order valence-corrected chi connectivity index (χ2v) is 3.60. The van der Waals surface area contributed by atoms with E-state index in [-0.39, 0.29) is 5.69 Å². The van der Waals surface area contributed by atoms with E-state index in [2.05, 4.69) is 15.0 Å². The van der Waals surface area contributed by atoms with Gasteiger partial charge in [-0.25, -0.2) is 4.98 Å². The minimum Gasteiger partial charge on any atom is -0.359 e. The van der Waals surface area contributed by atoms with Crippen molar-refractivity contribution in [2.75, 3.05) is 0 Å². The van der Waals surface area contributed by atoms with Crippen molar-refractivity contribution in [1.82, 2.24) is 15.0 Å². The molecule has 6 heteroatoms. The van der Waals surface area contributed by atoms with Gasteiger partial charge < -0.3 is 9.97 Å². The van der Waals surface area contributed by atoms with Crippen LogP contribution in [0.3, 0.4) is 0 Å². The average molecular weight is 228 g/mol. The Morgan fingerprint density at radius 2 is 2.12 bits per heavy atom. The first kappa shape index (κ1) is 9.59. The molecule has 0 fully saturated rings. The molecule has 0 atom stereocenters. The number of hydrogen-bond donors (Lipinski definition) is 2. The fraction of sp³-hybridized carbons (Fsp3) is 0. The van der Waals surface area contributed by atoms with Crippen LogP contribution in [0.25, 0.3) is 22.6 Å². The summed E-state index contributed by atoms with van der Waals surface area (Å²) < 4.78 is 0. The van der Waals surface area contributed by atoms with Gasteiger partial charge >= 0.3 is 0 Å². The second kappa shape index (κ2) is 3.44. The van der Waals surface area contributed by atoms with Gasteiger partial charge in [-0.05, 0) is 18.2 Å². The Morgan fingerprint density at radius 3 is 2.82 bits per heavy atom. The molecule has 0 radical (unpaired) electrons. The summed E-state index contributed by atoms with van der Waals surface area (Å²) in [6.07, 6.45) is 1.77. The molecule has 0 saturated heterocycles. The molecular weight excluding hydrogens is 220 g/mol. The summed E-state index contributed by atoms with van der Waals surface area (Å²) in [5, 5.41) is 10.9. The number of fused-ring (bicyclic) bond motifs is 1. The van der Waals surface area contributed by atoms with E-state index in [1.807, 2.05) is 12.1 Å². The van der Waals surface area contributed by atoms with E-state index in [9.17, 15) is 10.1 Å². The Bertz CT molecular complexity index is 685. The Hall–Kier alpha value is -2.63. The largest absolute Gasteiger partial charge is 0.359 e. The molecular formula is C11H8N4O2. The van der Waals surface area contributed by atoms with Gasteiger partial charge in [0.15, 0.2) is 11.3 Å². The van der Waals surface area contributed by atoms with Crippen molar-refractivity contribution in [3.8, 4) is 11.5 Å². The van der Waals surface area contributed by atoms with Crippen LogP contribution in [0.15, 0.2) is 36.5 Å². The Labute approximate surface area is 95.5 Å². The van der Waals surface area contributed by atoms with Gasteiger partial charge in [-0.2, -0.15) is 0 Å². The lowest BCUT2D eigenvalue weighted by molar-refractivity contribution is -0.383. The van der Waals surface area contributed by atoms with Crippen molar-refractivity contribution in [1.29, 1.82) is 0 Å². The Kier molecular flexibility index (Phi) is 1.94. The highest BCUT2D eigenvalue weighted by Gasteiger charge is 2.16. The van der Waals surface area contributed by atoms with E-state index in [0.29, 0.717) is 16.9 Å². The third-order valence-corrected chi connectivity index (χ3v) is 2.54. The molecule has 17 heavy (non-hydrogen) atoms. The van der Waals surface area contributed by atoms with E-state index < -0.39 is 4.92 Å². The van der Waals surface area contributed by atoms with Crippen molar-refractivity contribution in [3.63, 3.8) is 0 Å². The van der Waals surface area contributed by atoms with Gasteiger partial charge in [-0.3, -0.25) is 10.1 Å². The number of aromatic nitrogens is 3. The van der Waals surface area contributed by atoms with E-state index in [1.54, 1.807) is 18.3 Å². The van der Waals surface area contributed by atoms with Crippen LogP contribution >= 0.6 is 0 Å². The molecule has 0 spiro atoms. The number of nitro groups is 1. The van der Waals surface area contributed by atoms with Crippen LogP contribution in [0, 0.1) is 10.1 Å². The highest BCUT2D eigenvalue weighted by molar-refractivity contribution is 5.86. The zero-order chi connectivity index (χ0) is 11.8. The standard InChI is InChI=1S/C11H8N4O2/c16-15(17)9-5-1-3-7-10(9)14-11(13-7)8-4-2-6-12-8/h1-6,12H,(H,13,14). The molecule has 2 heterocycles. The molecule has 3 aromatic rings. The first-order valence-corrected chi connectivity index (χ1v) is 5.02. The zero-order valence-corrected chi connectivity index (χ0v) is 8.68. The number of nitrogens with zero attached hydrogens (tertiary/aromatic N) is 2. The lowest BCUT2D eigenvalue weighted by Gasteiger charge is -1.90. The van der Waals surface area contributed by atoms with Crippen molar-refractivity contribution in [2.24, 2.45) is 0 Å². The molecule has 2 N–H and O–H groups in total. The third kappa shape index (κ3) is 1.46. The number of non-ortho nitro benzene ring substituents is 1. The first-order valence-electron chi connectivity index (χ1n) is 5.02. The van der Waals surface area contributed by atoms with Gasteiger partial charge in [0, 0.05) is 12.3 Å². The van der Waals surface area contributed by atoms with Crippen LogP contribution in [-0.2, 0) is 0 Å². The fourth-order valence-corrected chi connectivity index (χ4v) is 1.77. The highest BCUT2D eigenvalue weighted by atomic mass is 16.6. The number of aromatic amines is 2. The Balaban J connectivity index is 2.26. The number of H-pyrrole nitrogens is 2. The van der Waals surface area contributed by atoms with E-state index >= 15 is 0 Å². The lowest BCUT2D eigenvalue weighted by atomic mass is 10.3. The predicted molar refractivity (Wildman–Crippen MR) is 62.5 cm³/mol. The number of benzene rings is 1. The third-order valence-electron chi connectivity index (χ3n) is 2.54. The van der Waals surface area contributed by atoms with Gasteiger partial charge in [-0.15, -0.1) is 0 Å². The topological polar surface area (TPSA) is 87.6 Å². The minimum atomic E-state index is -0.429. The summed E-state index contributed by atoms with van der Waals surface area (Å²) in [7, 11) is 0. The molecule has 6 nitrogen and oxygen atoms in total. The Morgan fingerprint density at radius 1 is 1.24 bits per heavy atom. The van der Waals surface area contributed by atoms with Gasteiger partial charge in [0.05, 0.1) is 16.1 Å². The first-order chi connectivity index (χ1) is 8.25. The molecule has 1 aromatic carbocycles. The molecule has 0 bridgehead atoms. The number of imidazole rings is 1. The normalized spacial score (nSPS) is 10.8. The molecule has 0 aliphatic heterocycles.